The average Bonchev–Trinajstić information content (AvgIpc) is 2.61. The Morgan fingerprint density at radius 2 is 2.08 bits per heavy atom. The lowest BCUT2D eigenvalue weighted by Crippen LogP contribution is -2.31. The van der Waals surface area contributed by atoms with Crippen molar-refractivity contribution in [3.63, 3.8) is 0 Å². The first-order valence-corrected chi connectivity index (χ1v) is 8.72. The molecule has 1 saturated heterocycles. The highest BCUT2D eigenvalue weighted by Gasteiger charge is 2.14. The second-order valence-electron chi connectivity index (χ2n) is 5.59. The van der Waals surface area contributed by atoms with Gasteiger partial charge in [-0.3, -0.25) is 4.98 Å². The van der Waals surface area contributed by atoms with Gasteiger partial charge in [0, 0.05) is 38.1 Å². The third kappa shape index (κ3) is 4.75. The third-order valence-corrected chi connectivity index (χ3v) is 4.20. The van der Waals surface area contributed by atoms with Crippen LogP contribution in [0.4, 0.5) is 11.8 Å². The van der Waals surface area contributed by atoms with Gasteiger partial charge in [-0.15, -0.1) is 0 Å². The summed E-state index contributed by atoms with van der Waals surface area (Å²) in [4.78, 5) is 15.0. The summed E-state index contributed by atoms with van der Waals surface area (Å²) in [6, 6.07) is 5.66. The fourth-order valence-corrected chi connectivity index (χ4v) is 2.92. The molecule has 1 aliphatic rings. The molecule has 8 heteroatoms. The third-order valence-electron chi connectivity index (χ3n) is 3.76. The number of pyridine rings is 1. The van der Waals surface area contributed by atoms with Gasteiger partial charge in [-0.05, 0) is 43.1 Å². The molecule has 2 aromatic rings. The number of halogens is 1. The number of nitrogens with one attached hydrogen (secondary N) is 2. The summed E-state index contributed by atoms with van der Waals surface area (Å²) < 4.78 is 0. The number of anilines is 2. The predicted molar refractivity (Wildman–Crippen MR) is 100 cm³/mol. The molecule has 126 valence electrons. The van der Waals surface area contributed by atoms with Crippen molar-refractivity contribution in [1.29, 1.82) is 0 Å². The fraction of sp³-hybridized carbons (Fsp3) is 0.375. The van der Waals surface area contributed by atoms with E-state index in [1.54, 1.807) is 18.5 Å². The highest BCUT2D eigenvalue weighted by atomic mass is 35.5. The molecule has 0 atom stereocenters. The van der Waals surface area contributed by atoms with Crippen molar-refractivity contribution in [3.05, 3.63) is 41.3 Å². The molecule has 0 amide bonds. The van der Waals surface area contributed by atoms with Crippen molar-refractivity contribution in [2.45, 2.75) is 25.8 Å². The molecular formula is C16H19ClN6S. The lowest BCUT2D eigenvalue weighted by Gasteiger charge is -2.27. The molecule has 1 fully saturated rings. The Labute approximate surface area is 151 Å². The maximum Gasteiger partial charge on any atom is 0.232 e. The zero-order valence-corrected chi connectivity index (χ0v) is 14.8. The lowest BCUT2D eigenvalue weighted by molar-refractivity contribution is 0.573. The van der Waals surface area contributed by atoms with Gasteiger partial charge in [0.1, 0.15) is 11.0 Å². The van der Waals surface area contributed by atoms with Gasteiger partial charge in [0.05, 0.1) is 0 Å². The van der Waals surface area contributed by atoms with Crippen molar-refractivity contribution in [2.75, 3.05) is 23.3 Å². The van der Waals surface area contributed by atoms with Crippen molar-refractivity contribution < 1.29 is 0 Å². The first kappa shape index (κ1) is 16.9. The van der Waals surface area contributed by atoms with E-state index in [9.17, 15) is 0 Å². The maximum absolute atomic E-state index is 6.14. The predicted octanol–water partition coefficient (Wildman–Crippen LogP) is 3.00. The Morgan fingerprint density at radius 1 is 1.25 bits per heavy atom. The van der Waals surface area contributed by atoms with Crippen LogP contribution in [0.3, 0.4) is 0 Å². The molecule has 0 spiro atoms. The van der Waals surface area contributed by atoms with Gasteiger partial charge >= 0.3 is 0 Å². The minimum Gasteiger partial charge on any atom is -0.358 e. The van der Waals surface area contributed by atoms with E-state index in [4.69, 9.17) is 23.8 Å². The minimum atomic E-state index is 0.406. The number of piperidine rings is 1. The Morgan fingerprint density at radius 3 is 2.83 bits per heavy atom. The molecule has 0 bridgehead atoms. The lowest BCUT2D eigenvalue weighted by atomic mass is 10.1. The van der Waals surface area contributed by atoms with Gasteiger partial charge in [0.2, 0.25) is 5.95 Å². The average molecular weight is 363 g/mol. The largest absolute Gasteiger partial charge is 0.358 e. The highest BCUT2D eigenvalue weighted by molar-refractivity contribution is 7.80. The fourth-order valence-electron chi connectivity index (χ4n) is 2.58. The smallest absolute Gasteiger partial charge is 0.232 e. The zero-order chi connectivity index (χ0) is 16.8. The summed E-state index contributed by atoms with van der Waals surface area (Å²) in [5, 5.41) is 6.96. The Balaban J connectivity index is 1.61. The summed E-state index contributed by atoms with van der Waals surface area (Å²) in [6.45, 7) is 2.58. The van der Waals surface area contributed by atoms with Crippen molar-refractivity contribution >= 4 is 40.7 Å². The Bertz CT molecular complexity index is 690. The first-order chi connectivity index (χ1) is 11.7. The van der Waals surface area contributed by atoms with Gasteiger partial charge in [-0.1, -0.05) is 17.7 Å². The van der Waals surface area contributed by atoms with Crippen molar-refractivity contribution in [3.8, 4) is 0 Å². The monoisotopic (exact) mass is 362 g/mol. The molecule has 6 nitrogen and oxygen atoms in total. The van der Waals surface area contributed by atoms with Gasteiger partial charge < -0.3 is 15.5 Å². The normalized spacial score (nSPS) is 14.3. The summed E-state index contributed by atoms with van der Waals surface area (Å²) in [5.74, 6) is 1.25. The first-order valence-electron chi connectivity index (χ1n) is 7.94. The number of rotatable bonds is 4. The molecule has 0 aliphatic carbocycles. The van der Waals surface area contributed by atoms with Crippen LogP contribution in [0.2, 0.25) is 5.15 Å². The molecule has 0 saturated carbocycles. The van der Waals surface area contributed by atoms with Gasteiger partial charge in [-0.25, -0.2) is 4.98 Å². The molecule has 2 N–H and O–H groups in total. The quantitative estimate of drug-likeness (QED) is 0.640. The molecule has 0 aromatic carbocycles. The Hall–Kier alpha value is -1.99. The summed E-state index contributed by atoms with van der Waals surface area (Å²) >= 11 is 11.4. The molecule has 0 unspecified atom stereocenters. The van der Waals surface area contributed by atoms with E-state index in [-0.39, 0.29) is 0 Å². The van der Waals surface area contributed by atoms with Crippen molar-refractivity contribution in [1.82, 2.24) is 20.3 Å². The van der Waals surface area contributed by atoms with E-state index >= 15 is 0 Å². The summed E-state index contributed by atoms with van der Waals surface area (Å²) in [6.07, 6.45) is 7.15. The van der Waals surface area contributed by atoms with E-state index in [1.807, 2.05) is 12.1 Å². The van der Waals surface area contributed by atoms with E-state index < -0.39 is 0 Å². The standard InChI is InChI=1S/C16H19ClN6S/c17-13-9-14(23-7-2-1-3-8-23)21-15(20-13)22-16(24)19-11-12-5-4-6-18-10-12/h4-6,9-10H,1-3,7-8,11H2,(H2,19,20,21,22,24). The van der Waals surface area contributed by atoms with Crippen LogP contribution in [0.5, 0.6) is 0 Å². The number of nitrogens with zero attached hydrogens (tertiary/aromatic N) is 4. The number of hydrogen-bond acceptors (Lipinski definition) is 5. The summed E-state index contributed by atoms with van der Waals surface area (Å²) in [5.41, 5.74) is 1.04. The van der Waals surface area contributed by atoms with Gasteiger partial charge in [0.25, 0.3) is 0 Å². The number of thiocarbonyl (C=S) groups is 1. The van der Waals surface area contributed by atoms with E-state index in [2.05, 4.69) is 30.5 Å². The number of hydrogen-bond donors (Lipinski definition) is 2. The zero-order valence-electron chi connectivity index (χ0n) is 13.2. The van der Waals surface area contributed by atoms with Crippen molar-refractivity contribution in [2.24, 2.45) is 0 Å². The molecular weight excluding hydrogens is 344 g/mol. The van der Waals surface area contributed by atoms with Gasteiger partial charge in [0.15, 0.2) is 5.11 Å². The van der Waals surface area contributed by atoms with Crippen LogP contribution >= 0.6 is 23.8 Å². The van der Waals surface area contributed by atoms with Gasteiger partial charge in [-0.2, -0.15) is 4.98 Å². The van der Waals surface area contributed by atoms with E-state index in [0.29, 0.717) is 22.8 Å². The van der Waals surface area contributed by atoms with E-state index in [1.165, 1.54) is 19.3 Å². The van der Waals surface area contributed by atoms with Crippen LogP contribution in [-0.2, 0) is 6.54 Å². The van der Waals surface area contributed by atoms with Crippen LogP contribution in [-0.4, -0.2) is 33.2 Å². The SMILES string of the molecule is S=C(NCc1cccnc1)Nc1nc(Cl)cc(N2CCCCC2)n1. The molecule has 2 aromatic heterocycles. The highest BCUT2D eigenvalue weighted by Crippen LogP contribution is 2.21. The Kier molecular flexibility index (Phi) is 5.77. The summed E-state index contributed by atoms with van der Waals surface area (Å²) in [7, 11) is 0. The molecule has 0 radical (unpaired) electrons. The van der Waals surface area contributed by atoms with Crippen LogP contribution in [0.1, 0.15) is 24.8 Å². The molecule has 3 heterocycles. The van der Waals surface area contributed by atoms with Crippen LogP contribution in [0.25, 0.3) is 0 Å². The van der Waals surface area contributed by atoms with Crippen LogP contribution in [0.15, 0.2) is 30.6 Å². The van der Waals surface area contributed by atoms with Crippen LogP contribution < -0.4 is 15.5 Å². The minimum absolute atomic E-state index is 0.406. The molecule has 24 heavy (non-hydrogen) atoms. The number of aromatic nitrogens is 3. The maximum atomic E-state index is 6.14. The van der Waals surface area contributed by atoms with Crippen LogP contribution in [0, 0.1) is 0 Å². The second kappa shape index (κ2) is 8.21. The second-order valence-corrected chi connectivity index (χ2v) is 6.38. The molecule has 3 rings (SSSR count). The topological polar surface area (TPSA) is 66.0 Å². The molecule has 1 aliphatic heterocycles. The van der Waals surface area contributed by atoms with E-state index in [0.717, 1.165) is 24.5 Å².